The Bertz CT molecular complexity index is 400. The summed E-state index contributed by atoms with van der Waals surface area (Å²) in [5.41, 5.74) is 0. The van der Waals surface area contributed by atoms with E-state index < -0.39 is 20.0 Å². The number of carbonyl (C=O) groups excluding carboxylic acids is 1. The Balaban J connectivity index is 3.00. The van der Waals surface area contributed by atoms with Gasteiger partial charge in [0.05, 0.1) is 25.7 Å². The first-order valence-electron chi connectivity index (χ1n) is 7.88. The highest BCUT2D eigenvalue weighted by molar-refractivity contribution is 6.74. The zero-order chi connectivity index (χ0) is 17.3. The molecule has 0 aromatic rings. The molecule has 22 heavy (non-hydrogen) atoms. The predicted octanol–water partition coefficient (Wildman–Crippen LogP) is 3.34. The van der Waals surface area contributed by atoms with Crippen molar-refractivity contribution in [2.24, 2.45) is 5.92 Å². The summed E-state index contributed by atoms with van der Waals surface area (Å²) in [5.74, 6) is -1.33. The minimum Gasteiger partial charge on any atom is -0.469 e. The number of hydrogen-bond acceptors (Lipinski definition) is 5. The van der Waals surface area contributed by atoms with Crippen LogP contribution in [0.3, 0.4) is 0 Å². The maximum absolute atomic E-state index is 12.0. The van der Waals surface area contributed by atoms with Gasteiger partial charge in [-0.05, 0) is 38.9 Å². The van der Waals surface area contributed by atoms with E-state index in [1.807, 2.05) is 20.8 Å². The molecule has 0 amide bonds. The number of rotatable bonds is 5. The lowest BCUT2D eigenvalue weighted by Crippen LogP contribution is -2.51. The van der Waals surface area contributed by atoms with Crippen LogP contribution in [0.2, 0.25) is 18.1 Å². The van der Waals surface area contributed by atoms with E-state index in [4.69, 9.17) is 18.6 Å². The first-order chi connectivity index (χ1) is 9.81. The minimum absolute atomic E-state index is 0.0517. The molecule has 0 aromatic carbocycles. The molecule has 0 aromatic heterocycles. The summed E-state index contributed by atoms with van der Waals surface area (Å²) in [4.78, 5) is 12.0. The minimum atomic E-state index is -2.05. The fraction of sp³-hybridized carbons (Fsp3) is 0.938. The van der Waals surface area contributed by atoms with Crippen LogP contribution in [0, 0.1) is 5.92 Å². The van der Waals surface area contributed by atoms with Gasteiger partial charge >= 0.3 is 5.97 Å². The molecule has 0 unspecified atom stereocenters. The third-order valence-corrected chi connectivity index (χ3v) is 9.17. The Labute approximate surface area is 135 Å². The molecule has 1 aliphatic heterocycles. The molecule has 0 bridgehead atoms. The maximum Gasteiger partial charge on any atom is 0.311 e. The average molecular weight is 333 g/mol. The summed E-state index contributed by atoms with van der Waals surface area (Å²) in [7, 11) is -0.646. The molecule has 5 nitrogen and oxygen atoms in total. The first-order valence-corrected chi connectivity index (χ1v) is 10.8. The van der Waals surface area contributed by atoms with E-state index in [0.717, 1.165) is 0 Å². The summed E-state index contributed by atoms with van der Waals surface area (Å²) >= 11 is 0. The zero-order valence-electron chi connectivity index (χ0n) is 15.5. The molecule has 130 valence electrons. The van der Waals surface area contributed by atoms with Gasteiger partial charge in [0.1, 0.15) is 6.10 Å². The molecular formula is C16H32O5Si. The Morgan fingerprint density at radius 2 is 1.86 bits per heavy atom. The summed E-state index contributed by atoms with van der Waals surface area (Å²) in [6.45, 7) is 16.9. The van der Waals surface area contributed by atoms with Gasteiger partial charge < -0.3 is 18.6 Å². The molecule has 0 N–H and O–H groups in total. The van der Waals surface area contributed by atoms with Crippen molar-refractivity contribution in [3.63, 3.8) is 0 Å². The smallest absolute Gasteiger partial charge is 0.311 e. The highest BCUT2D eigenvalue weighted by atomic mass is 28.4. The van der Waals surface area contributed by atoms with Crippen molar-refractivity contribution in [2.45, 2.75) is 77.7 Å². The van der Waals surface area contributed by atoms with E-state index in [9.17, 15) is 4.79 Å². The van der Waals surface area contributed by atoms with Crippen molar-refractivity contribution < 1.29 is 23.4 Å². The number of ether oxygens (including phenoxy) is 3. The van der Waals surface area contributed by atoms with Gasteiger partial charge in [0.15, 0.2) is 14.1 Å². The number of methoxy groups -OCH3 is 1. The molecule has 1 heterocycles. The third-order valence-electron chi connectivity index (χ3n) is 4.70. The molecule has 1 saturated heterocycles. The first kappa shape index (κ1) is 19.6. The molecule has 0 spiro atoms. The molecule has 0 radical (unpaired) electrons. The van der Waals surface area contributed by atoms with Crippen LogP contribution in [-0.2, 0) is 23.4 Å². The molecule has 0 saturated carbocycles. The van der Waals surface area contributed by atoms with Crippen molar-refractivity contribution in [1.29, 1.82) is 0 Å². The number of carbonyl (C=O) groups is 1. The summed E-state index contributed by atoms with van der Waals surface area (Å²) in [5, 5.41) is 0.0517. The third kappa shape index (κ3) is 4.53. The van der Waals surface area contributed by atoms with Gasteiger partial charge in [0.2, 0.25) is 0 Å². The second-order valence-corrected chi connectivity index (χ2v) is 12.8. The van der Waals surface area contributed by atoms with Crippen molar-refractivity contribution in [3.8, 4) is 0 Å². The molecule has 1 fully saturated rings. The lowest BCUT2D eigenvalue weighted by atomic mass is 10.0. The molecule has 1 aliphatic rings. The van der Waals surface area contributed by atoms with Crippen LogP contribution in [0.15, 0.2) is 0 Å². The van der Waals surface area contributed by atoms with E-state index >= 15 is 0 Å². The SMILES string of the molecule is COC(=O)[C@@H](C)[C@H](O[Si](C)(C)C(C)(C)C)[C@H]1COC(C)(C)O1. The Morgan fingerprint density at radius 1 is 1.32 bits per heavy atom. The van der Waals surface area contributed by atoms with Crippen LogP contribution in [0.1, 0.15) is 41.5 Å². The largest absolute Gasteiger partial charge is 0.469 e. The van der Waals surface area contributed by atoms with Gasteiger partial charge in [-0.1, -0.05) is 20.8 Å². The lowest BCUT2D eigenvalue weighted by molar-refractivity contribution is -0.164. The van der Waals surface area contributed by atoms with E-state index in [1.54, 1.807) is 0 Å². The van der Waals surface area contributed by atoms with Crippen LogP contribution in [0.25, 0.3) is 0 Å². The second-order valence-electron chi connectivity index (χ2n) is 8.02. The summed E-state index contributed by atoms with van der Waals surface area (Å²) < 4.78 is 23.0. The highest BCUT2D eigenvalue weighted by Crippen LogP contribution is 2.40. The Kier molecular flexibility index (Phi) is 5.88. The second kappa shape index (κ2) is 6.59. The van der Waals surface area contributed by atoms with E-state index in [-0.39, 0.29) is 23.2 Å². The molecule has 6 heteroatoms. The molecule has 3 atom stereocenters. The van der Waals surface area contributed by atoms with Crippen molar-refractivity contribution in [2.75, 3.05) is 13.7 Å². The van der Waals surface area contributed by atoms with Gasteiger partial charge in [-0.3, -0.25) is 4.79 Å². The lowest BCUT2D eigenvalue weighted by Gasteiger charge is -2.41. The normalized spacial score (nSPS) is 24.9. The number of hydrogen-bond donors (Lipinski definition) is 0. The van der Waals surface area contributed by atoms with E-state index in [2.05, 4.69) is 33.9 Å². The van der Waals surface area contributed by atoms with E-state index in [1.165, 1.54) is 7.11 Å². The van der Waals surface area contributed by atoms with E-state index in [0.29, 0.717) is 6.61 Å². The van der Waals surface area contributed by atoms with Crippen LogP contribution < -0.4 is 0 Å². The fourth-order valence-corrected chi connectivity index (χ4v) is 3.60. The van der Waals surface area contributed by atoms with Crippen LogP contribution >= 0.6 is 0 Å². The summed E-state index contributed by atoms with van der Waals surface area (Å²) in [6, 6.07) is 0. The monoisotopic (exact) mass is 332 g/mol. The fourth-order valence-electron chi connectivity index (χ4n) is 2.21. The average Bonchev–Trinajstić information content (AvgIpc) is 2.73. The maximum atomic E-state index is 12.0. The molecular weight excluding hydrogens is 300 g/mol. The number of esters is 1. The van der Waals surface area contributed by atoms with Crippen molar-refractivity contribution >= 4 is 14.3 Å². The van der Waals surface area contributed by atoms with Gasteiger partial charge in [0.25, 0.3) is 0 Å². The standard InChI is InChI=1S/C16H32O5Si/c1-11(14(17)18-7)13(12-10-19-16(5,6)20-12)21-22(8,9)15(2,3)4/h11-13H,10H2,1-9H3/t11-,12+,13-/m0/s1. The van der Waals surface area contributed by atoms with Gasteiger partial charge in [-0.2, -0.15) is 0 Å². The van der Waals surface area contributed by atoms with Crippen molar-refractivity contribution in [3.05, 3.63) is 0 Å². The molecule has 0 aliphatic carbocycles. The zero-order valence-corrected chi connectivity index (χ0v) is 16.5. The highest BCUT2D eigenvalue weighted by Gasteiger charge is 2.47. The van der Waals surface area contributed by atoms with Crippen LogP contribution in [-0.4, -0.2) is 46.0 Å². The van der Waals surface area contributed by atoms with Gasteiger partial charge in [0, 0.05) is 0 Å². The van der Waals surface area contributed by atoms with Crippen molar-refractivity contribution in [1.82, 2.24) is 0 Å². The van der Waals surface area contributed by atoms with Gasteiger partial charge in [-0.25, -0.2) is 0 Å². The summed E-state index contributed by atoms with van der Waals surface area (Å²) in [6.07, 6.45) is -0.631. The van der Waals surface area contributed by atoms with Gasteiger partial charge in [-0.15, -0.1) is 0 Å². The van der Waals surface area contributed by atoms with Crippen LogP contribution in [0.5, 0.6) is 0 Å². The predicted molar refractivity (Wildman–Crippen MR) is 88.2 cm³/mol. The topological polar surface area (TPSA) is 54.0 Å². The Morgan fingerprint density at radius 3 is 2.23 bits per heavy atom. The van der Waals surface area contributed by atoms with Crippen LogP contribution in [0.4, 0.5) is 0 Å². The quantitative estimate of drug-likeness (QED) is 0.571. The molecule has 1 rings (SSSR count). The Hall–Kier alpha value is -0.433.